The lowest BCUT2D eigenvalue weighted by atomic mass is 10.0. The lowest BCUT2D eigenvalue weighted by Crippen LogP contribution is -2.19. The number of amides is 1. The fraction of sp³-hybridized carbons (Fsp3) is 0.417. The molecular formula is C12H16ClNO. The van der Waals surface area contributed by atoms with E-state index in [4.69, 9.17) is 11.8 Å². The summed E-state index contributed by atoms with van der Waals surface area (Å²) in [6, 6.07) is 6.02. The molecule has 0 heterocycles. The Labute approximate surface area is 96.0 Å². The van der Waals surface area contributed by atoms with Crippen molar-refractivity contribution in [2.45, 2.75) is 33.6 Å². The summed E-state index contributed by atoms with van der Waals surface area (Å²) in [7, 11) is 0. The molecule has 0 unspecified atom stereocenters. The summed E-state index contributed by atoms with van der Waals surface area (Å²) in [5.74, 6) is -0.146. The van der Waals surface area contributed by atoms with Crippen LogP contribution < -0.4 is 4.42 Å². The minimum atomic E-state index is -0.146. The number of para-hydroxylation sites is 1. The van der Waals surface area contributed by atoms with Crippen LogP contribution in [-0.2, 0) is 17.6 Å². The molecule has 1 amide bonds. The molecule has 0 aliphatic heterocycles. The summed E-state index contributed by atoms with van der Waals surface area (Å²) >= 11 is 5.99. The first-order valence-corrected chi connectivity index (χ1v) is 5.52. The van der Waals surface area contributed by atoms with E-state index in [1.807, 2.05) is 18.2 Å². The summed E-state index contributed by atoms with van der Waals surface area (Å²) < 4.78 is 1.22. The van der Waals surface area contributed by atoms with Gasteiger partial charge in [0.25, 0.3) is 0 Å². The van der Waals surface area contributed by atoms with Crippen LogP contribution in [0.4, 0.5) is 5.69 Å². The Hall–Kier alpha value is -1.02. The first kappa shape index (κ1) is 12.1. The van der Waals surface area contributed by atoms with Gasteiger partial charge in [0.05, 0.1) is 5.69 Å². The van der Waals surface area contributed by atoms with Gasteiger partial charge in [0.1, 0.15) is 0 Å². The average molecular weight is 226 g/mol. The molecule has 3 heteroatoms. The van der Waals surface area contributed by atoms with Crippen molar-refractivity contribution in [1.82, 2.24) is 0 Å². The van der Waals surface area contributed by atoms with Gasteiger partial charge in [0.2, 0.25) is 5.91 Å². The van der Waals surface area contributed by atoms with Gasteiger partial charge in [0, 0.05) is 18.7 Å². The van der Waals surface area contributed by atoms with E-state index in [0.29, 0.717) is 0 Å². The Bertz CT molecular complexity index is 340. The third-order valence-electron chi connectivity index (χ3n) is 2.44. The standard InChI is InChI=1S/C12H16ClNO/c1-4-10-7-6-8-11(5-2)12(10)14(13)9(3)15/h6-8H,4-5H2,1-3H3. The molecule has 0 radical (unpaired) electrons. The predicted molar refractivity (Wildman–Crippen MR) is 64.2 cm³/mol. The zero-order valence-corrected chi connectivity index (χ0v) is 10.1. The lowest BCUT2D eigenvalue weighted by Gasteiger charge is -2.19. The van der Waals surface area contributed by atoms with Crippen LogP contribution in [0.5, 0.6) is 0 Å². The monoisotopic (exact) mass is 225 g/mol. The second kappa shape index (κ2) is 5.17. The second-order valence-corrected chi connectivity index (χ2v) is 3.77. The van der Waals surface area contributed by atoms with Crippen LogP contribution in [0.2, 0.25) is 0 Å². The summed E-state index contributed by atoms with van der Waals surface area (Å²) in [6.07, 6.45) is 1.75. The Morgan fingerprint density at radius 1 is 1.27 bits per heavy atom. The van der Waals surface area contributed by atoms with Gasteiger partial charge < -0.3 is 0 Å². The van der Waals surface area contributed by atoms with Crippen molar-refractivity contribution >= 4 is 23.4 Å². The number of hydrogen-bond acceptors (Lipinski definition) is 1. The van der Waals surface area contributed by atoms with Crippen molar-refractivity contribution < 1.29 is 4.79 Å². The molecule has 0 saturated heterocycles. The highest BCUT2D eigenvalue weighted by Crippen LogP contribution is 2.28. The van der Waals surface area contributed by atoms with Crippen molar-refractivity contribution in [3.05, 3.63) is 29.3 Å². The van der Waals surface area contributed by atoms with Crippen molar-refractivity contribution in [2.75, 3.05) is 4.42 Å². The molecule has 0 spiro atoms. The van der Waals surface area contributed by atoms with Gasteiger partial charge in [0.15, 0.2) is 0 Å². The first-order valence-electron chi connectivity index (χ1n) is 5.19. The SMILES string of the molecule is CCc1cccc(CC)c1N(Cl)C(C)=O. The largest absolute Gasteiger partial charge is 0.274 e. The molecule has 2 nitrogen and oxygen atoms in total. The number of halogens is 1. The number of rotatable bonds is 3. The van der Waals surface area contributed by atoms with Crippen LogP contribution in [-0.4, -0.2) is 5.91 Å². The first-order chi connectivity index (χ1) is 7.11. The molecule has 15 heavy (non-hydrogen) atoms. The van der Waals surface area contributed by atoms with Crippen molar-refractivity contribution in [2.24, 2.45) is 0 Å². The molecule has 0 atom stereocenters. The number of carbonyl (C=O) groups excluding carboxylic acids is 1. The van der Waals surface area contributed by atoms with E-state index >= 15 is 0 Å². The lowest BCUT2D eigenvalue weighted by molar-refractivity contribution is -0.115. The molecule has 0 fully saturated rings. The molecule has 0 saturated carbocycles. The molecule has 0 aromatic heterocycles. The van der Waals surface area contributed by atoms with Crippen LogP contribution in [0.3, 0.4) is 0 Å². The van der Waals surface area contributed by atoms with Gasteiger partial charge in [-0.05, 0) is 24.0 Å². The average Bonchev–Trinajstić information content (AvgIpc) is 2.26. The van der Waals surface area contributed by atoms with Gasteiger partial charge in [-0.15, -0.1) is 0 Å². The zero-order valence-electron chi connectivity index (χ0n) is 9.38. The van der Waals surface area contributed by atoms with Gasteiger partial charge in [-0.2, -0.15) is 0 Å². The molecule has 1 aromatic rings. The topological polar surface area (TPSA) is 20.3 Å². The highest BCUT2D eigenvalue weighted by atomic mass is 35.5. The zero-order chi connectivity index (χ0) is 11.4. The van der Waals surface area contributed by atoms with Gasteiger partial charge >= 0.3 is 0 Å². The van der Waals surface area contributed by atoms with Crippen LogP contribution in [0.15, 0.2) is 18.2 Å². The van der Waals surface area contributed by atoms with Crippen molar-refractivity contribution in [3.63, 3.8) is 0 Å². The Balaban J connectivity index is 3.27. The molecule has 1 aromatic carbocycles. The van der Waals surface area contributed by atoms with E-state index < -0.39 is 0 Å². The van der Waals surface area contributed by atoms with Gasteiger partial charge in [-0.25, -0.2) is 4.42 Å². The maximum Gasteiger partial charge on any atom is 0.238 e. The van der Waals surface area contributed by atoms with Crippen molar-refractivity contribution in [1.29, 1.82) is 0 Å². The van der Waals surface area contributed by atoms with Crippen LogP contribution >= 0.6 is 11.8 Å². The maximum atomic E-state index is 11.3. The number of hydrogen-bond donors (Lipinski definition) is 0. The Morgan fingerprint density at radius 3 is 2.07 bits per heavy atom. The maximum absolute atomic E-state index is 11.3. The number of anilines is 1. The van der Waals surface area contributed by atoms with Gasteiger partial charge in [-0.3, -0.25) is 4.79 Å². The van der Waals surface area contributed by atoms with E-state index in [2.05, 4.69) is 13.8 Å². The number of carbonyl (C=O) groups is 1. The van der Waals surface area contributed by atoms with Crippen molar-refractivity contribution in [3.8, 4) is 0 Å². The number of benzene rings is 1. The van der Waals surface area contributed by atoms with E-state index in [1.165, 1.54) is 11.3 Å². The smallest absolute Gasteiger partial charge is 0.238 e. The van der Waals surface area contributed by atoms with E-state index in [9.17, 15) is 4.79 Å². The molecule has 0 aliphatic carbocycles. The summed E-state index contributed by atoms with van der Waals surface area (Å²) in [5, 5.41) is 0. The summed E-state index contributed by atoms with van der Waals surface area (Å²) in [4.78, 5) is 11.3. The minimum absolute atomic E-state index is 0.146. The molecule has 0 N–H and O–H groups in total. The number of nitrogens with zero attached hydrogens (tertiary/aromatic N) is 1. The van der Waals surface area contributed by atoms with Gasteiger partial charge in [-0.1, -0.05) is 32.0 Å². The van der Waals surface area contributed by atoms with Crippen LogP contribution in [0.1, 0.15) is 31.9 Å². The summed E-state index contributed by atoms with van der Waals surface area (Å²) in [5.41, 5.74) is 3.08. The van der Waals surface area contributed by atoms with Crippen LogP contribution in [0, 0.1) is 0 Å². The molecule has 82 valence electrons. The predicted octanol–water partition coefficient (Wildman–Crippen LogP) is 3.32. The normalized spacial score (nSPS) is 10.1. The third kappa shape index (κ3) is 2.51. The highest BCUT2D eigenvalue weighted by molar-refractivity contribution is 6.36. The highest BCUT2D eigenvalue weighted by Gasteiger charge is 2.15. The molecular weight excluding hydrogens is 210 g/mol. The Kier molecular flexibility index (Phi) is 4.15. The molecule has 1 rings (SSSR count). The third-order valence-corrected chi connectivity index (χ3v) is 2.84. The van der Waals surface area contributed by atoms with E-state index in [1.54, 1.807) is 0 Å². The van der Waals surface area contributed by atoms with Crippen LogP contribution in [0.25, 0.3) is 0 Å². The van der Waals surface area contributed by atoms with E-state index in [-0.39, 0.29) is 5.91 Å². The van der Waals surface area contributed by atoms with E-state index in [0.717, 1.165) is 29.7 Å². The molecule has 0 aliphatic rings. The fourth-order valence-corrected chi connectivity index (χ4v) is 1.84. The summed E-state index contributed by atoms with van der Waals surface area (Å²) in [6.45, 7) is 5.59. The second-order valence-electron chi connectivity index (χ2n) is 3.43. The minimum Gasteiger partial charge on any atom is -0.274 e. The fourth-order valence-electron chi connectivity index (χ4n) is 1.62. The quantitative estimate of drug-likeness (QED) is 0.723. The molecule has 0 bridgehead atoms. The Morgan fingerprint density at radius 2 is 1.73 bits per heavy atom. The number of aryl methyl sites for hydroxylation is 2.